The van der Waals surface area contributed by atoms with Crippen LogP contribution in [0.3, 0.4) is 0 Å². The molecule has 1 aromatic carbocycles. The van der Waals surface area contributed by atoms with Gasteiger partial charge in [0.15, 0.2) is 0 Å². The molecule has 1 rings (SSSR count). The maximum atomic E-state index is 3.57. The molecule has 0 bridgehead atoms. The lowest BCUT2D eigenvalue weighted by Gasteiger charge is -2.13. The summed E-state index contributed by atoms with van der Waals surface area (Å²) in [6.07, 6.45) is 5.02. The largest absolute Gasteiger partial charge is 0.310 e. The molecule has 1 atom stereocenters. The van der Waals surface area contributed by atoms with Crippen LogP contribution in [0.5, 0.6) is 0 Å². The Morgan fingerprint density at radius 1 is 1.06 bits per heavy atom. The van der Waals surface area contributed by atoms with Crippen molar-refractivity contribution in [1.29, 1.82) is 0 Å². The Morgan fingerprint density at radius 2 is 1.69 bits per heavy atom. The van der Waals surface area contributed by atoms with E-state index in [1.54, 1.807) is 0 Å². The average molecular weight is 219 g/mol. The van der Waals surface area contributed by atoms with Gasteiger partial charge in [-0.3, -0.25) is 0 Å². The third-order valence-electron chi connectivity index (χ3n) is 3.08. The fraction of sp³-hybridized carbons (Fsp3) is 0.600. The van der Waals surface area contributed by atoms with Gasteiger partial charge in [-0.2, -0.15) is 0 Å². The van der Waals surface area contributed by atoms with E-state index in [4.69, 9.17) is 0 Å². The molecule has 0 radical (unpaired) electrons. The number of nitrogens with one attached hydrogen (secondary N) is 1. The van der Waals surface area contributed by atoms with Crippen molar-refractivity contribution in [2.24, 2.45) is 0 Å². The van der Waals surface area contributed by atoms with E-state index >= 15 is 0 Å². The summed E-state index contributed by atoms with van der Waals surface area (Å²) in [6.45, 7) is 7.71. The van der Waals surface area contributed by atoms with E-state index in [0.717, 1.165) is 13.0 Å². The topological polar surface area (TPSA) is 12.0 Å². The van der Waals surface area contributed by atoms with Crippen molar-refractivity contribution in [2.75, 3.05) is 0 Å². The molecule has 90 valence electrons. The van der Waals surface area contributed by atoms with Gasteiger partial charge in [0.25, 0.3) is 0 Å². The second-order valence-corrected chi connectivity index (χ2v) is 4.59. The quantitative estimate of drug-likeness (QED) is 0.733. The molecule has 0 aliphatic carbocycles. The van der Waals surface area contributed by atoms with Crippen LogP contribution in [-0.2, 0) is 13.0 Å². The van der Waals surface area contributed by atoms with Crippen LogP contribution in [0.2, 0.25) is 0 Å². The minimum atomic E-state index is 0.630. The van der Waals surface area contributed by atoms with Crippen molar-refractivity contribution in [1.82, 2.24) is 5.32 Å². The van der Waals surface area contributed by atoms with Gasteiger partial charge in [0.1, 0.15) is 0 Å². The molecule has 0 saturated heterocycles. The summed E-state index contributed by atoms with van der Waals surface area (Å²) in [5, 5.41) is 3.57. The summed E-state index contributed by atoms with van der Waals surface area (Å²) in [6, 6.07) is 9.56. The third-order valence-corrected chi connectivity index (χ3v) is 3.08. The maximum absolute atomic E-state index is 3.57. The highest BCUT2D eigenvalue weighted by atomic mass is 14.9. The number of hydrogen-bond donors (Lipinski definition) is 1. The highest BCUT2D eigenvalue weighted by Gasteiger charge is 2.00. The zero-order valence-corrected chi connectivity index (χ0v) is 10.9. The van der Waals surface area contributed by atoms with Crippen LogP contribution in [0, 0.1) is 0 Å². The highest BCUT2D eigenvalue weighted by molar-refractivity contribution is 5.22. The number of aryl methyl sites for hydroxylation is 1. The fourth-order valence-electron chi connectivity index (χ4n) is 1.80. The molecule has 16 heavy (non-hydrogen) atoms. The van der Waals surface area contributed by atoms with Crippen molar-refractivity contribution in [2.45, 2.75) is 59.0 Å². The molecule has 0 fully saturated rings. The number of rotatable bonds is 7. The van der Waals surface area contributed by atoms with Gasteiger partial charge < -0.3 is 5.32 Å². The predicted molar refractivity (Wildman–Crippen MR) is 71.6 cm³/mol. The van der Waals surface area contributed by atoms with Gasteiger partial charge in [-0.25, -0.2) is 0 Å². The van der Waals surface area contributed by atoms with Crippen molar-refractivity contribution in [3.05, 3.63) is 35.4 Å². The van der Waals surface area contributed by atoms with E-state index in [1.165, 1.54) is 30.4 Å². The first kappa shape index (κ1) is 13.2. The second kappa shape index (κ2) is 7.45. The van der Waals surface area contributed by atoms with E-state index in [2.05, 4.69) is 50.4 Å². The van der Waals surface area contributed by atoms with Crippen LogP contribution in [-0.4, -0.2) is 6.04 Å². The summed E-state index contributed by atoms with van der Waals surface area (Å²) in [4.78, 5) is 0. The minimum absolute atomic E-state index is 0.630. The Labute approximate surface area is 100 Å². The van der Waals surface area contributed by atoms with Gasteiger partial charge in [-0.1, -0.05) is 51.0 Å². The van der Waals surface area contributed by atoms with Crippen LogP contribution < -0.4 is 5.32 Å². The maximum Gasteiger partial charge on any atom is 0.0207 e. The van der Waals surface area contributed by atoms with E-state index in [-0.39, 0.29) is 0 Å². The van der Waals surface area contributed by atoms with Gasteiger partial charge in [-0.15, -0.1) is 0 Å². The lowest BCUT2D eigenvalue weighted by Crippen LogP contribution is -2.25. The number of benzene rings is 1. The molecule has 1 heteroatoms. The van der Waals surface area contributed by atoms with Gasteiger partial charge >= 0.3 is 0 Å². The molecule has 0 aromatic heterocycles. The first-order valence-electron chi connectivity index (χ1n) is 6.57. The molecular weight excluding hydrogens is 194 g/mol. The second-order valence-electron chi connectivity index (χ2n) is 4.59. The first-order chi connectivity index (χ1) is 7.76. The molecule has 1 N–H and O–H groups in total. The van der Waals surface area contributed by atoms with Crippen LogP contribution in [0.1, 0.15) is 51.2 Å². The van der Waals surface area contributed by atoms with Gasteiger partial charge in [0.2, 0.25) is 0 Å². The van der Waals surface area contributed by atoms with Crippen LogP contribution in [0.15, 0.2) is 24.3 Å². The van der Waals surface area contributed by atoms with E-state index in [1.807, 2.05) is 0 Å². The summed E-state index contributed by atoms with van der Waals surface area (Å²) in [5.74, 6) is 0. The van der Waals surface area contributed by atoms with Gasteiger partial charge in [0.05, 0.1) is 0 Å². The van der Waals surface area contributed by atoms with Crippen molar-refractivity contribution >= 4 is 0 Å². The standard InChI is InChI=1S/C15H25N/c1-4-6-7-13(3)16-12-15-10-8-14(5-2)9-11-15/h8-11,13,16H,4-7,12H2,1-3H3. The van der Waals surface area contributed by atoms with Gasteiger partial charge in [-0.05, 0) is 30.9 Å². The summed E-state index contributed by atoms with van der Waals surface area (Å²) < 4.78 is 0. The Bertz CT molecular complexity index is 276. The van der Waals surface area contributed by atoms with Crippen LogP contribution in [0.25, 0.3) is 0 Å². The first-order valence-corrected chi connectivity index (χ1v) is 6.57. The Morgan fingerprint density at radius 3 is 2.25 bits per heavy atom. The van der Waals surface area contributed by atoms with E-state index < -0.39 is 0 Å². The highest BCUT2D eigenvalue weighted by Crippen LogP contribution is 2.06. The molecule has 0 amide bonds. The molecule has 1 unspecified atom stereocenters. The Balaban J connectivity index is 2.30. The zero-order valence-electron chi connectivity index (χ0n) is 10.9. The lowest BCUT2D eigenvalue weighted by molar-refractivity contribution is 0.495. The zero-order chi connectivity index (χ0) is 11.8. The predicted octanol–water partition coefficient (Wildman–Crippen LogP) is 3.92. The summed E-state index contributed by atoms with van der Waals surface area (Å²) in [7, 11) is 0. The Kier molecular flexibility index (Phi) is 6.17. The summed E-state index contributed by atoms with van der Waals surface area (Å²) in [5.41, 5.74) is 2.81. The number of unbranched alkanes of at least 4 members (excludes halogenated alkanes) is 1. The molecule has 0 aliphatic heterocycles. The minimum Gasteiger partial charge on any atom is -0.310 e. The third kappa shape index (κ3) is 4.80. The monoisotopic (exact) mass is 219 g/mol. The smallest absolute Gasteiger partial charge is 0.0207 e. The molecule has 0 spiro atoms. The lowest BCUT2D eigenvalue weighted by atomic mass is 10.1. The van der Waals surface area contributed by atoms with Crippen LogP contribution >= 0.6 is 0 Å². The molecule has 0 saturated carbocycles. The molecule has 0 heterocycles. The SMILES string of the molecule is CCCCC(C)NCc1ccc(CC)cc1. The molecule has 1 aromatic rings. The molecule has 0 aliphatic rings. The van der Waals surface area contributed by atoms with E-state index in [9.17, 15) is 0 Å². The Hall–Kier alpha value is -0.820. The molecular formula is C15H25N. The van der Waals surface area contributed by atoms with Crippen LogP contribution in [0.4, 0.5) is 0 Å². The summed E-state index contributed by atoms with van der Waals surface area (Å²) >= 11 is 0. The normalized spacial score (nSPS) is 12.7. The van der Waals surface area contributed by atoms with E-state index in [0.29, 0.717) is 6.04 Å². The number of hydrogen-bond acceptors (Lipinski definition) is 1. The van der Waals surface area contributed by atoms with Crippen molar-refractivity contribution in [3.63, 3.8) is 0 Å². The van der Waals surface area contributed by atoms with Crippen molar-refractivity contribution in [3.8, 4) is 0 Å². The van der Waals surface area contributed by atoms with Gasteiger partial charge in [0, 0.05) is 12.6 Å². The van der Waals surface area contributed by atoms with Crippen molar-refractivity contribution < 1.29 is 0 Å². The fourth-order valence-corrected chi connectivity index (χ4v) is 1.80. The molecule has 1 nitrogen and oxygen atoms in total. The average Bonchev–Trinajstić information content (AvgIpc) is 2.34.